The summed E-state index contributed by atoms with van der Waals surface area (Å²) < 4.78 is 0. The van der Waals surface area contributed by atoms with Gasteiger partial charge in [0.25, 0.3) is 0 Å². The van der Waals surface area contributed by atoms with Crippen LogP contribution in [0.3, 0.4) is 0 Å². The van der Waals surface area contributed by atoms with E-state index in [-0.39, 0.29) is 0 Å². The van der Waals surface area contributed by atoms with Gasteiger partial charge in [-0.15, -0.1) is 0 Å². The number of aryl methyl sites for hydroxylation is 2. The monoisotopic (exact) mass is 289 g/mol. The van der Waals surface area contributed by atoms with E-state index in [0.29, 0.717) is 18.6 Å². The third-order valence-corrected chi connectivity index (χ3v) is 4.92. The lowest BCUT2D eigenvalue weighted by Crippen LogP contribution is -2.44. The summed E-state index contributed by atoms with van der Waals surface area (Å²) in [6, 6.07) is 7.54. The predicted molar refractivity (Wildman–Crippen MR) is 90.6 cm³/mol. The maximum absolute atomic E-state index is 6.22. The van der Waals surface area contributed by atoms with Gasteiger partial charge in [0.15, 0.2) is 0 Å². The number of nitrogens with two attached hydrogens (primary N) is 1. The summed E-state index contributed by atoms with van der Waals surface area (Å²) in [4.78, 5) is 5.13. The van der Waals surface area contributed by atoms with Crippen LogP contribution in [0.1, 0.15) is 42.5 Å². The van der Waals surface area contributed by atoms with Crippen molar-refractivity contribution in [3.05, 3.63) is 34.9 Å². The number of benzene rings is 1. The van der Waals surface area contributed by atoms with Gasteiger partial charge in [-0.05, 0) is 57.0 Å². The summed E-state index contributed by atoms with van der Waals surface area (Å²) in [5.41, 5.74) is 10.4. The van der Waals surface area contributed by atoms with Gasteiger partial charge in [-0.25, -0.2) is 0 Å². The lowest BCUT2D eigenvalue weighted by Gasteiger charge is -2.38. The van der Waals surface area contributed by atoms with Crippen molar-refractivity contribution < 1.29 is 0 Å². The SMILES string of the molecule is CCC1CN(C)CCCN1C(CN)c1c(C)cccc1C. The number of hydrogen-bond donors (Lipinski definition) is 1. The molecule has 1 fully saturated rings. The zero-order valence-corrected chi connectivity index (χ0v) is 14.1. The van der Waals surface area contributed by atoms with Gasteiger partial charge in [-0.1, -0.05) is 25.1 Å². The molecule has 3 nitrogen and oxygen atoms in total. The Hall–Kier alpha value is -0.900. The van der Waals surface area contributed by atoms with Crippen molar-refractivity contribution in [3.8, 4) is 0 Å². The van der Waals surface area contributed by atoms with Crippen molar-refractivity contribution in [2.45, 2.75) is 45.7 Å². The molecule has 2 unspecified atom stereocenters. The highest BCUT2D eigenvalue weighted by molar-refractivity contribution is 5.36. The Morgan fingerprint density at radius 1 is 1.24 bits per heavy atom. The van der Waals surface area contributed by atoms with Gasteiger partial charge < -0.3 is 10.6 Å². The molecule has 0 radical (unpaired) electrons. The van der Waals surface area contributed by atoms with Crippen LogP contribution in [0.4, 0.5) is 0 Å². The van der Waals surface area contributed by atoms with E-state index in [1.165, 1.54) is 36.1 Å². The largest absolute Gasteiger partial charge is 0.329 e. The van der Waals surface area contributed by atoms with Crippen LogP contribution >= 0.6 is 0 Å². The molecule has 2 atom stereocenters. The summed E-state index contributed by atoms with van der Waals surface area (Å²) >= 11 is 0. The molecule has 1 saturated heterocycles. The van der Waals surface area contributed by atoms with Gasteiger partial charge in [0.05, 0.1) is 0 Å². The quantitative estimate of drug-likeness (QED) is 0.925. The lowest BCUT2D eigenvalue weighted by molar-refractivity contribution is 0.130. The Kier molecular flexibility index (Phi) is 5.80. The second kappa shape index (κ2) is 7.39. The summed E-state index contributed by atoms with van der Waals surface area (Å²) in [5, 5.41) is 0. The molecule has 1 aliphatic rings. The van der Waals surface area contributed by atoms with E-state index in [1.54, 1.807) is 0 Å². The second-order valence-corrected chi connectivity index (χ2v) is 6.47. The molecule has 2 N–H and O–H groups in total. The van der Waals surface area contributed by atoms with Gasteiger partial charge in [-0.2, -0.15) is 0 Å². The van der Waals surface area contributed by atoms with Crippen LogP contribution in [0.25, 0.3) is 0 Å². The topological polar surface area (TPSA) is 32.5 Å². The van der Waals surface area contributed by atoms with Gasteiger partial charge in [0, 0.05) is 31.7 Å². The Morgan fingerprint density at radius 2 is 1.90 bits per heavy atom. The zero-order valence-electron chi connectivity index (χ0n) is 14.1. The fourth-order valence-electron chi connectivity index (χ4n) is 3.81. The van der Waals surface area contributed by atoms with Crippen LogP contribution in [0.15, 0.2) is 18.2 Å². The normalized spacial score (nSPS) is 23.0. The Balaban J connectivity index is 2.34. The average molecular weight is 289 g/mol. The molecule has 1 aromatic carbocycles. The summed E-state index contributed by atoms with van der Waals surface area (Å²) in [6.45, 7) is 10.9. The first-order valence-electron chi connectivity index (χ1n) is 8.29. The van der Waals surface area contributed by atoms with E-state index in [2.05, 4.69) is 55.8 Å². The molecule has 0 aliphatic carbocycles. The molecular weight excluding hydrogens is 258 g/mol. The highest BCUT2D eigenvalue weighted by Crippen LogP contribution is 2.30. The Bertz CT molecular complexity index is 438. The second-order valence-electron chi connectivity index (χ2n) is 6.47. The first kappa shape index (κ1) is 16.5. The molecule has 21 heavy (non-hydrogen) atoms. The van der Waals surface area contributed by atoms with Crippen LogP contribution in [-0.4, -0.2) is 49.1 Å². The molecule has 1 aromatic rings. The molecular formula is C18H31N3. The van der Waals surface area contributed by atoms with Crippen molar-refractivity contribution in [1.82, 2.24) is 9.80 Å². The van der Waals surface area contributed by atoms with E-state index >= 15 is 0 Å². The van der Waals surface area contributed by atoms with Gasteiger partial charge in [-0.3, -0.25) is 4.90 Å². The molecule has 0 aromatic heterocycles. The third kappa shape index (κ3) is 3.65. The van der Waals surface area contributed by atoms with Gasteiger partial charge >= 0.3 is 0 Å². The lowest BCUT2D eigenvalue weighted by atomic mass is 9.93. The minimum Gasteiger partial charge on any atom is -0.329 e. The minimum absolute atomic E-state index is 0.350. The molecule has 3 heteroatoms. The molecule has 1 aliphatic heterocycles. The molecule has 0 bridgehead atoms. The number of hydrogen-bond acceptors (Lipinski definition) is 3. The standard InChI is InChI=1S/C18H31N3/c1-5-16-13-20(4)10-7-11-21(16)17(12-19)18-14(2)8-6-9-15(18)3/h6,8-9,16-17H,5,7,10-13,19H2,1-4H3. The van der Waals surface area contributed by atoms with E-state index < -0.39 is 0 Å². The molecule has 118 valence electrons. The summed E-state index contributed by atoms with van der Waals surface area (Å²) in [7, 11) is 2.24. The van der Waals surface area contributed by atoms with Gasteiger partial charge in [0.1, 0.15) is 0 Å². The van der Waals surface area contributed by atoms with E-state index in [4.69, 9.17) is 5.73 Å². The first-order chi connectivity index (χ1) is 10.1. The van der Waals surface area contributed by atoms with Crippen molar-refractivity contribution in [1.29, 1.82) is 0 Å². The molecule has 0 amide bonds. The van der Waals surface area contributed by atoms with Crippen molar-refractivity contribution >= 4 is 0 Å². The predicted octanol–water partition coefficient (Wildman–Crippen LogP) is 2.72. The fourth-order valence-corrected chi connectivity index (χ4v) is 3.81. The summed E-state index contributed by atoms with van der Waals surface area (Å²) in [5.74, 6) is 0. The number of nitrogens with zero attached hydrogens (tertiary/aromatic N) is 2. The van der Waals surface area contributed by atoms with Gasteiger partial charge in [0.2, 0.25) is 0 Å². The smallest absolute Gasteiger partial charge is 0.0479 e. The molecule has 1 heterocycles. The third-order valence-electron chi connectivity index (χ3n) is 4.92. The number of likely N-dealkylation sites (N-methyl/N-ethyl adjacent to an activating group) is 1. The maximum atomic E-state index is 6.22. The van der Waals surface area contributed by atoms with Crippen LogP contribution in [0.5, 0.6) is 0 Å². The van der Waals surface area contributed by atoms with E-state index in [1.807, 2.05) is 0 Å². The zero-order chi connectivity index (χ0) is 15.4. The van der Waals surface area contributed by atoms with Crippen molar-refractivity contribution in [2.75, 3.05) is 33.2 Å². The van der Waals surface area contributed by atoms with Crippen LogP contribution in [-0.2, 0) is 0 Å². The minimum atomic E-state index is 0.350. The average Bonchev–Trinajstić information content (AvgIpc) is 2.64. The first-order valence-corrected chi connectivity index (χ1v) is 8.29. The maximum Gasteiger partial charge on any atom is 0.0479 e. The Morgan fingerprint density at radius 3 is 2.48 bits per heavy atom. The fraction of sp³-hybridized carbons (Fsp3) is 0.667. The van der Waals surface area contributed by atoms with E-state index in [0.717, 1.165) is 13.1 Å². The Labute approximate surface area is 130 Å². The van der Waals surface area contributed by atoms with Crippen LogP contribution in [0, 0.1) is 13.8 Å². The molecule has 0 saturated carbocycles. The summed E-state index contributed by atoms with van der Waals surface area (Å²) in [6.07, 6.45) is 2.42. The highest BCUT2D eigenvalue weighted by atomic mass is 15.3. The highest BCUT2D eigenvalue weighted by Gasteiger charge is 2.29. The van der Waals surface area contributed by atoms with Crippen molar-refractivity contribution in [3.63, 3.8) is 0 Å². The molecule has 0 spiro atoms. The molecule has 2 rings (SSSR count). The van der Waals surface area contributed by atoms with E-state index in [9.17, 15) is 0 Å². The van der Waals surface area contributed by atoms with Crippen LogP contribution < -0.4 is 5.73 Å². The van der Waals surface area contributed by atoms with Crippen molar-refractivity contribution in [2.24, 2.45) is 5.73 Å². The van der Waals surface area contributed by atoms with Crippen LogP contribution in [0.2, 0.25) is 0 Å². The number of rotatable bonds is 4.